The summed E-state index contributed by atoms with van der Waals surface area (Å²) < 4.78 is 38.6. The molecule has 132 valence electrons. The predicted molar refractivity (Wildman–Crippen MR) is 83.2 cm³/mol. The molecule has 24 heavy (non-hydrogen) atoms. The second kappa shape index (κ2) is 6.22. The number of hydrogen-bond acceptors (Lipinski definition) is 4. The molecule has 0 radical (unpaired) electrons. The first-order chi connectivity index (χ1) is 11.3. The number of alkyl halides is 3. The van der Waals surface area contributed by atoms with Crippen LogP contribution in [0.1, 0.15) is 54.5 Å². The van der Waals surface area contributed by atoms with Gasteiger partial charge >= 0.3 is 6.18 Å². The number of aromatic nitrogens is 2. The molecule has 1 amide bonds. The highest BCUT2D eigenvalue weighted by Gasteiger charge is 2.41. The number of carbonyl (C=O) groups excluding carboxylic acids is 1. The van der Waals surface area contributed by atoms with Crippen molar-refractivity contribution in [2.24, 2.45) is 5.92 Å². The molecule has 2 aliphatic heterocycles. The van der Waals surface area contributed by atoms with Crippen LogP contribution in [0.4, 0.5) is 19.0 Å². The number of halogens is 3. The van der Waals surface area contributed by atoms with Crippen molar-refractivity contribution in [1.82, 2.24) is 15.3 Å². The van der Waals surface area contributed by atoms with E-state index in [0.717, 1.165) is 5.56 Å². The fraction of sp³-hybridized carbons (Fsp3) is 0.688. The second-order valence-electron chi connectivity index (χ2n) is 6.70. The van der Waals surface area contributed by atoms with Crippen LogP contribution >= 0.6 is 0 Å². The van der Waals surface area contributed by atoms with Gasteiger partial charge in [0.25, 0.3) is 5.91 Å². The summed E-state index contributed by atoms with van der Waals surface area (Å²) in [5.74, 6) is -0.249. The zero-order chi connectivity index (χ0) is 17.5. The van der Waals surface area contributed by atoms with Gasteiger partial charge in [-0.25, -0.2) is 9.97 Å². The molecule has 5 nitrogen and oxygen atoms in total. The van der Waals surface area contributed by atoms with Gasteiger partial charge < -0.3 is 10.2 Å². The number of nitrogens with zero attached hydrogens (tertiary/aromatic N) is 3. The van der Waals surface area contributed by atoms with Crippen LogP contribution in [0.3, 0.4) is 0 Å². The molecule has 0 atom stereocenters. The average Bonchev–Trinajstić information content (AvgIpc) is 2.53. The lowest BCUT2D eigenvalue weighted by atomic mass is 9.95. The quantitative estimate of drug-likeness (QED) is 0.898. The summed E-state index contributed by atoms with van der Waals surface area (Å²) >= 11 is 0. The molecule has 1 aromatic rings. The van der Waals surface area contributed by atoms with Gasteiger partial charge in [-0.3, -0.25) is 4.79 Å². The van der Waals surface area contributed by atoms with Crippen molar-refractivity contribution in [3.8, 4) is 0 Å². The molecule has 1 saturated heterocycles. The van der Waals surface area contributed by atoms with Crippen molar-refractivity contribution < 1.29 is 18.0 Å². The van der Waals surface area contributed by atoms with Crippen LogP contribution in [0.5, 0.6) is 0 Å². The van der Waals surface area contributed by atoms with Crippen LogP contribution in [0.2, 0.25) is 0 Å². The Kier molecular flexibility index (Phi) is 4.40. The number of amides is 1. The molecular formula is C16H21F3N4O. The summed E-state index contributed by atoms with van der Waals surface area (Å²) in [6.07, 6.45) is -3.41. The third kappa shape index (κ3) is 3.18. The van der Waals surface area contributed by atoms with E-state index in [0.29, 0.717) is 43.4 Å². The van der Waals surface area contributed by atoms with Crippen LogP contribution in [0, 0.1) is 5.92 Å². The fourth-order valence-electron chi connectivity index (χ4n) is 3.23. The molecule has 0 saturated carbocycles. The van der Waals surface area contributed by atoms with Crippen LogP contribution in [-0.4, -0.2) is 41.7 Å². The molecule has 1 N–H and O–H groups in total. The molecule has 3 heterocycles. The predicted octanol–water partition coefficient (Wildman–Crippen LogP) is 2.66. The lowest BCUT2D eigenvalue weighted by molar-refractivity contribution is -0.179. The fourth-order valence-corrected chi connectivity index (χ4v) is 3.23. The molecular weight excluding hydrogens is 321 g/mol. The van der Waals surface area contributed by atoms with Crippen molar-refractivity contribution in [2.75, 3.05) is 24.5 Å². The SMILES string of the molecule is CC(C)c1nc2c(c(N3CCC(C(F)(F)F)CC3)n1)CCNC2=O. The van der Waals surface area contributed by atoms with E-state index >= 15 is 0 Å². The van der Waals surface area contributed by atoms with E-state index in [2.05, 4.69) is 15.3 Å². The molecule has 2 aliphatic rings. The molecule has 1 fully saturated rings. The Balaban J connectivity index is 1.92. The molecule has 0 aromatic carbocycles. The monoisotopic (exact) mass is 342 g/mol. The lowest BCUT2D eigenvalue weighted by Crippen LogP contribution is -2.41. The van der Waals surface area contributed by atoms with Crippen molar-refractivity contribution >= 4 is 11.7 Å². The maximum Gasteiger partial charge on any atom is 0.391 e. The summed E-state index contributed by atoms with van der Waals surface area (Å²) in [6, 6.07) is 0. The molecule has 8 heteroatoms. The third-order valence-corrected chi connectivity index (χ3v) is 4.65. The van der Waals surface area contributed by atoms with Crippen molar-refractivity contribution in [3.63, 3.8) is 0 Å². The van der Waals surface area contributed by atoms with Crippen LogP contribution < -0.4 is 10.2 Å². The Morgan fingerprint density at radius 2 is 1.88 bits per heavy atom. The van der Waals surface area contributed by atoms with E-state index in [1.54, 1.807) is 0 Å². The van der Waals surface area contributed by atoms with Crippen LogP contribution in [0.15, 0.2) is 0 Å². The zero-order valence-corrected chi connectivity index (χ0v) is 13.8. The van der Waals surface area contributed by atoms with Gasteiger partial charge in [-0.05, 0) is 19.3 Å². The van der Waals surface area contributed by atoms with Crippen molar-refractivity contribution in [1.29, 1.82) is 0 Å². The first-order valence-corrected chi connectivity index (χ1v) is 8.28. The number of hydrogen-bond donors (Lipinski definition) is 1. The molecule has 3 rings (SSSR count). The standard InChI is InChI=1S/C16H21F3N4O/c1-9(2)13-21-12-11(3-6-20-15(12)24)14(22-13)23-7-4-10(5-8-23)16(17,18)19/h9-10H,3-8H2,1-2H3,(H,20,24). The molecule has 0 bridgehead atoms. The number of rotatable bonds is 2. The highest BCUT2D eigenvalue weighted by atomic mass is 19.4. The largest absolute Gasteiger partial charge is 0.391 e. The summed E-state index contributed by atoms with van der Waals surface area (Å²) in [4.78, 5) is 23.0. The number of carbonyl (C=O) groups is 1. The van der Waals surface area contributed by atoms with Gasteiger partial charge in [0.15, 0.2) is 0 Å². The highest BCUT2D eigenvalue weighted by Crippen LogP contribution is 2.36. The van der Waals surface area contributed by atoms with Gasteiger partial charge in [-0.15, -0.1) is 0 Å². The number of anilines is 1. The molecule has 0 spiro atoms. The average molecular weight is 342 g/mol. The summed E-state index contributed by atoms with van der Waals surface area (Å²) in [5, 5.41) is 2.76. The van der Waals surface area contributed by atoms with Gasteiger partial charge in [0.2, 0.25) is 0 Å². The van der Waals surface area contributed by atoms with Crippen LogP contribution in [-0.2, 0) is 6.42 Å². The Morgan fingerprint density at radius 1 is 1.21 bits per heavy atom. The zero-order valence-electron chi connectivity index (χ0n) is 13.8. The number of nitrogens with one attached hydrogen (secondary N) is 1. The number of piperidine rings is 1. The van der Waals surface area contributed by atoms with Crippen molar-refractivity contribution in [2.45, 2.75) is 45.2 Å². The van der Waals surface area contributed by atoms with Gasteiger partial charge in [0, 0.05) is 31.1 Å². The summed E-state index contributed by atoms with van der Waals surface area (Å²) in [7, 11) is 0. The minimum atomic E-state index is -4.14. The third-order valence-electron chi connectivity index (χ3n) is 4.65. The van der Waals surface area contributed by atoms with Gasteiger partial charge in [-0.2, -0.15) is 13.2 Å². The normalized spacial score (nSPS) is 19.4. The maximum absolute atomic E-state index is 12.9. The Morgan fingerprint density at radius 3 is 2.46 bits per heavy atom. The Labute approximate surface area is 138 Å². The highest BCUT2D eigenvalue weighted by molar-refractivity contribution is 5.96. The smallest absolute Gasteiger partial charge is 0.356 e. The van der Waals surface area contributed by atoms with Gasteiger partial charge in [0.05, 0.1) is 5.92 Å². The maximum atomic E-state index is 12.9. The Hall–Kier alpha value is -1.86. The molecule has 0 unspecified atom stereocenters. The first kappa shape index (κ1) is 17.0. The van der Waals surface area contributed by atoms with E-state index < -0.39 is 12.1 Å². The van der Waals surface area contributed by atoms with E-state index in [1.807, 2.05) is 18.7 Å². The lowest BCUT2D eigenvalue weighted by Gasteiger charge is -2.35. The Bertz CT molecular complexity index is 637. The summed E-state index contributed by atoms with van der Waals surface area (Å²) in [6.45, 7) is 4.96. The minimum Gasteiger partial charge on any atom is -0.356 e. The van der Waals surface area contributed by atoms with Crippen molar-refractivity contribution in [3.05, 3.63) is 17.1 Å². The van der Waals surface area contributed by atoms with Crippen LogP contribution in [0.25, 0.3) is 0 Å². The van der Waals surface area contributed by atoms with E-state index in [4.69, 9.17) is 0 Å². The van der Waals surface area contributed by atoms with Gasteiger partial charge in [-0.1, -0.05) is 13.8 Å². The topological polar surface area (TPSA) is 58.1 Å². The molecule has 1 aromatic heterocycles. The second-order valence-corrected chi connectivity index (χ2v) is 6.70. The first-order valence-electron chi connectivity index (χ1n) is 8.28. The van der Waals surface area contributed by atoms with E-state index in [1.165, 1.54) is 0 Å². The summed E-state index contributed by atoms with van der Waals surface area (Å²) in [5.41, 5.74) is 1.13. The number of fused-ring (bicyclic) bond motifs is 1. The minimum absolute atomic E-state index is 0.0384. The van der Waals surface area contributed by atoms with E-state index in [9.17, 15) is 18.0 Å². The molecule has 0 aliphatic carbocycles. The van der Waals surface area contributed by atoms with Gasteiger partial charge in [0.1, 0.15) is 17.3 Å². The van der Waals surface area contributed by atoms with E-state index in [-0.39, 0.29) is 24.7 Å².